The van der Waals surface area contributed by atoms with Crippen molar-refractivity contribution in [3.63, 3.8) is 0 Å². The molecule has 0 bridgehead atoms. The summed E-state index contributed by atoms with van der Waals surface area (Å²) in [7, 11) is 0. The summed E-state index contributed by atoms with van der Waals surface area (Å²) < 4.78 is 1.13. The van der Waals surface area contributed by atoms with Crippen molar-refractivity contribution in [1.29, 1.82) is 0 Å². The molecule has 1 N–H and O–H groups in total. The Balaban J connectivity index is 1.69. The van der Waals surface area contributed by atoms with E-state index in [1.54, 1.807) is 5.56 Å². The van der Waals surface area contributed by atoms with E-state index in [9.17, 15) is 0 Å². The minimum atomic E-state index is 0.647. The molecule has 0 aliphatic heterocycles. The molecule has 2 heteroatoms. The summed E-state index contributed by atoms with van der Waals surface area (Å²) in [4.78, 5) is 0. The number of anilines is 1. The topological polar surface area (TPSA) is 12.0 Å². The van der Waals surface area contributed by atoms with Crippen LogP contribution in [0.3, 0.4) is 0 Å². The van der Waals surface area contributed by atoms with Gasteiger partial charge in [-0.1, -0.05) is 40.2 Å². The molecule has 0 heterocycles. The van der Waals surface area contributed by atoms with E-state index < -0.39 is 0 Å². The second-order valence-electron chi connectivity index (χ2n) is 5.18. The Bertz CT molecular complexity index is 547. The highest BCUT2D eigenvalue weighted by Crippen LogP contribution is 2.31. The summed E-state index contributed by atoms with van der Waals surface area (Å²) in [6.07, 6.45) is 3.84. The second kappa shape index (κ2) is 5.79. The third-order valence-corrected chi connectivity index (χ3v) is 4.42. The van der Waals surface area contributed by atoms with E-state index in [4.69, 9.17) is 0 Å². The van der Waals surface area contributed by atoms with E-state index in [2.05, 4.69) is 69.8 Å². The van der Waals surface area contributed by atoms with Crippen LogP contribution in [0.25, 0.3) is 0 Å². The van der Waals surface area contributed by atoms with Gasteiger partial charge in [-0.25, -0.2) is 0 Å². The first-order valence-corrected chi connectivity index (χ1v) is 7.69. The molecule has 2 aromatic carbocycles. The Morgan fingerprint density at radius 1 is 1.05 bits per heavy atom. The lowest BCUT2D eigenvalue weighted by atomic mass is 9.83. The maximum absolute atomic E-state index is 3.56. The number of halogens is 1. The Kier molecular flexibility index (Phi) is 3.88. The van der Waals surface area contributed by atoms with Crippen LogP contribution in [0.15, 0.2) is 53.0 Å². The Morgan fingerprint density at radius 3 is 2.68 bits per heavy atom. The molecule has 0 fully saturated rings. The fraction of sp³-hybridized carbons (Fsp3) is 0.294. The lowest BCUT2D eigenvalue weighted by Crippen LogP contribution is -2.18. The smallest absolute Gasteiger partial charge is 0.0341 e. The first-order valence-electron chi connectivity index (χ1n) is 6.90. The van der Waals surface area contributed by atoms with Gasteiger partial charge in [0.1, 0.15) is 0 Å². The average molecular weight is 316 g/mol. The van der Waals surface area contributed by atoms with Crippen molar-refractivity contribution >= 4 is 21.6 Å². The van der Waals surface area contributed by atoms with Gasteiger partial charge in [-0.3, -0.25) is 0 Å². The maximum atomic E-state index is 3.56. The van der Waals surface area contributed by atoms with Crippen molar-refractivity contribution in [2.24, 2.45) is 0 Å². The lowest BCUT2D eigenvalue weighted by molar-refractivity contribution is 0.572. The molecule has 0 amide bonds. The van der Waals surface area contributed by atoms with Crippen molar-refractivity contribution in [2.45, 2.75) is 25.2 Å². The zero-order chi connectivity index (χ0) is 13.1. The summed E-state index contributed by atoms with van der Waals surface area (Å²) in [5, 5.41) is 3.56. The van der Waals surface area contributed by atoms with Gasteiger partial charge in [-0.15, -0.1) is 0 Å². The molecule has 98 valence electrons. The number of benzene rings is 2. The quantitative estimate of drug-likeness (QED) is 0.842. The molecule has 3 rings (SSSR count). The number of hydrogen-bond donors (Lipinski definition) is 1. The summed E-state index contributed by atoms with van der Waals surface area (Å²) >= 11 is 3.47. The normalized spacial score (nSPS) is 17.8. The van der Waals surface area contributed by atoms with Crippen molar-refractivity contribution in [3.05, 3.63) is 64.1 Å². The first kappa shape index (κ1) is 12.7. The zero-order valence-electron chi connectivity index (χ0n) is 10.9. The molecular weight excluding hydrogens is 298 g/mol. The molecule has 1 aliphatic rings. The first-order chi connectivity index (χ1) is 9.33. The molecule has 0 saturated heterocycles. The van der Waals surface area contributed by atoms with E-state index in [1.165, 1.54) is 30.5 Å². The van der Waals surface area contributed by atoms with Crippen LogP contribution in [0.2, 0.25) is 0 Å². The molecule has 0 spiro atoms. The van der Waals surface area contributed by atoms with Gasteiger partial charge in [-0.05, 0) is 54.7 Å². The van der Waals surface area contributed by atoms with Gasteiger partial charge < -0.3 is 5.32 Å². The Labute approximate surface area is 123 Å². The van der Waals surface area contributed by atoms with Crippen LogP contribution in [-0.4, -0.2) is 6.54 Å². The van der Waals surface area contributed by atoms with Crippen molar-refractivity contribution in [1.82, 2.24) is 0 Å². The van der Waals surface area contributed by atoms with Gasteiger partial charge in [-0.2, -0.15) is 0 Å². The van der Waals surface area contributed by atoms with Gasteiger partial charge in [0, 0.05) is 22.6 Å². The number of hydrogen-bond acceptors (Lipinski definition) is 1. The largest absolute Gasteiger partial charge is 0.384 e. The Morgan fingerprint density at radius 2 is 1.84 bits per heavy atom. The Hall–Kier alpha value is -1.28. The molecule has 1 nitrogen and oxygen atoms in total. The lowest BCUT2D eigenvalue weighted by Gasteiger charge is -2.26. The summed E-state index contributed by atoms with van der Waals surface area (Å²) in [6.45, 7) is 1.03. The molecule has 1 aliphatic carbocycles. The molecule has 1 atom stereocenters. The van der Waals surface area contributed by atoms with Gasteiger partial charge in [0.05, 0.1) is 0 Å². The van der Waals surface area contributed by atoms with E-state index >= 15 is 0 Å². The highest BCUT2D eigenvalue weighted by Gasteiger charge is 2.19. The van der Waals surface area contributed by atoms with Crippen LogP contribution in [0.4, 0.5) is 5.69 Å². The highest BCUT2D eigenvalue weighted by atomic mass is 79.9. The third-order valence-electron chi connectivity index (χ3n) is 3.89. The van der Waals surface area contributed by atoms with E-state index in [0.717, 1.165) is 11.0 Å². The number of aryl methyl sites for hydroxylation is 1. The van der Waals surface area contributed by atoms with E-state index in [-0.39, 0.29) is 0 Å². The minimum Gasteiger partial charge on any atom is -0.384 e. The second-order valence-corrected chi connectivity index (χ2v) is 6.09. The van der Waals surface area contributed by atoms with Crippen LogP contribution < -0.4 is 5.32 Å². The molecule has 19 heavy (non-hydrogen) atoms. The molecule has 1 unspecified atom stereocenters. The van der Waals surface area contributed by atoms with Crippen molar-refractivity contribution in [3.8, 4) is 0 Å². The predicted molar refractivity (Wildman–Crippen MR) is 84.8 cm³/mol. The highest BCUT2D eigenvalue weighted by molar-refractivity contribution is 9.10. The summed E-state index contributed by atoms with van der Waals surface area (Å²) in [5.41, 5.74) is 4.28. The van der Waals surface area contributed by atoms with Crippen LogP contribution in [-0.2, 0) is 6.42 Å². The SMILES string of the molecule is Brc1ccc(NCC2CCCc3ccccc32)cc1. The molecule has 0 aromatic heterocycles. The summed E-state index contributed by atoms with van der Waals surface area (Å²) in [6, 6.07) is 17.3. The summed E-state index contributed by atoms with van der Waals surface area (Å²) in [5.74, 6) is 0.647. The fourth-order valence-corrected chi connectivity index (χ4v) is 3.14. The predicted octanol–water partition coefficient (Wildman–Crippen LogP) is 4.98. The number of fused-ring (bicyclic) bond motifs is 1. The molecular formula is C17H18BrN. The standard InChI is InChI=1S/C17H18BrN/c18-15-8-10-16(11-9-15)19-12-14-6-3-5-13-4-1-2-7-17(13)14/h1-2,4,7-11,14,19H,3,5-6,12H2. The molecule has 0 saturated carbocycles. The van der Waals surface area contributed by atoms with E-state index in [1.807, 2.05) is 0 Å². The van der Waals surface area contributed by atoms with Gasteiger partial charge in [0.2, 0.25) is 0 Å². The molecule has 2 aromatic rings. The van der Waals surface area contributed by atoms with Crippen LogP contribution in [0.5, 0.6) is 0 Å². The van der Waals surface area contributed by atoms with Crippen LogP contribution in [0.1, 0.15) is 29.9 Å². The fourth-order valence-electron chi connectivity index (χ4n) is 2.88. The number of rotatable bonds is 3. The zero-order valence-corrected chi connectivity index (χ0v) is 12.5. The van der Waals surface area contributed by atoms with Gasteiger partial charge in [0.25, 0.3) is 0 Å². The van der Waals surface area contributed by atoms with Crippen molar-refractivity contribution < 1.29 is 0 Å². The van der Waals surface area contributed by atoms with Gasteiger partial charge in [0.15, 0.2) is 0 Å². The number of nitrogens with one attached hydrogen (secondary N) is 1. The van der Waals surface area contributed by atoms with Crippen LogP contribution in [0, 0.1) is 0 Å². The third kappa shape index (κ3) is 3.01. The van der Waals surface area contributed by atoms with Crippen LogP contribution >= 0.6 is 15.9 Å². The monoisotopic (exact) mass is 315 g/mol. The minimum absolute atomic E-state index is 0.647. The average Bonchev–Trinajstić information content (AvgIpc) is 2.47. The molecule has 0 radical (unpaired) electrons. The maximum Gasteiger partial charge on any atom is 0.0341 e. The van der Waals surface area contributed by atoms with E-state index in [0.29, 0.717) is 5.92 Å². The van der Waals surface area contributed by atoms with Gasteiger partial charge >= 0.3 is 0 Å². The van der Waals surface area contributed by atoms with Crippen molar-refractivity contribution in [2.75, 3.05) is 11.9 Å².